The van der Waals surface area contributed by atoms with Gasteiger partial charge in [-0.15, -0.1) is 0 Å². The SMILES string of the molecule is Cc1c(Br)cccc1CC(=O)N[C@H]1CCC(=O)NC1. The van der Waals surface area contributed by atoms with Crippen LogP contribution in [-0.4, -0.2) is 24.4 Å². The van der Waals surface area contributed by atoms with Crippen LogP contribution in [-0.2, 0) is 16.0 Å². The monoisotopic (exact) mass is 324 g/mol. The molecule has 1 aliphatic rings. The third-order valence-electron chi connectivity index (χ3n) is 3.36. The Morgan fingerprint density at radius 3 is 3.00 bits per heavy atom. The summed E-state index contributed by atoms with van der Waals surface area (Å²) in [5.74, 6) is 0.0654. The second-order valence-electron chi connectivity index (χ2n) is 4.81. The Labute approximate surface area is 121 Å². The van der Waals surface area contributed by atoms with Gasteiger partial charge in [-0.05, 0) is 30.5 Å². The van der Waals surface area contributed by atoms with E-state index in [2.05, 4.69) is 26.6 Å². The molecule has 0 radical (unpaired) electrons. The molecule has 1 aliphatic heterocycles. The van der Waals surface area contributed by atoms with Gasteiger partial charge in [0.15, 0.2) is 0 Å². The maximum Gasteiger partial charge on any atom is 0.224 e. The first kappa shape index (κ1) is 14.1. The molecule has 4 nitrogen and oxygen atoms in total. The van der Waals surface area contributed by atoms with Crippen molar-refractivity contribution in [2.45, 2.75) is 32.2 Å². The summed E-state index contributed by atoms with van der Waals surface area (Å²) in [6.07, 6.45) is 1.58. The Kier molecular flexibility index (Phi) is 4.58. The smallest absolute Gasteiger partial charge is 0.224 e. The van der Waals surface area contributed by atoms with E-state index in [1.54, 1.807) is 0 Å². The van der Waals surface area contributed by atoms with Gasteiger partial charge < -0.3 is 10.6 Å². The Morgan fingerprint density at radius 2 is 2.32 bits per heavy atom. The third kappa shape index (κ3) is 3.80. The quantitative estimate of drug-likeness (QED) is 0.889. The average Bonchev–Trinajstić information content (AvgIpc) is 2.38. The van der Waals surface area contributed by atoms with E-state index in [1.165, 1.54) is 0 Å². The summed E-state index contributed by atoms with van der Waals surface area (Å²) in [6, 6.07) is 5.91. The predicted molar refractivity (Wildman–Crippen MR) is 76.8 cm³/mol. The molecule has 2 rings (SSSR count). The van der Waals surface area contributed by atoms with Gasteiger partial charge in [0.05, 0.1) is 6.42 Å². The molecule has 0 aliphatic carbocycles. The molecule has 2 amide bonds. The third-order valence-corrected chi connectivity index (χ3v) is 4.22. The van der Waals surface area contributed by atoms with Crippen molar-refractivity contribution < 1.29 is 9.59 Å². The maximum atomic E-state index is 12.0. The van der Waals surface area contributed by atoms with Gasteiger partial charge in [-0.1, -0.05) is 28.1 Å². The molecule has 1 fully saturated rings. The molecule has 0 spiro atoms. The van der Waals surface area contributed by atoms with Crippen molar-refractivity contribution >= 4 is 27.7 Å². The van der Waals surface area contributed by atoms with Crippen molar-refractivity contribution in [2.75, 3.05) is 6.54 Å². The standard InChI is InChI=1S/C14H17BrN2O2/c1-9-10(3-2-4-12(9)15)7-14(19)17-11-5-6-13(18)16-8-11/h2-4,11H,5-8H2,1H3,(H,16,18)(H,17,19)/t11-/m0/s1. The highest BCUT2D eigenvalue weighted by molar-refractivity contribution is 9.10. The number of hydrogen-bond donors (Lipinski definition) is 2. The topological polar surface area (TPSA) is 58.2 Å². The summed E-state index contributed by atoms with van der Waals surface area (Å²) < 4.78 is 1.02. The van der Waals surface area contributed by atoms with E-state index in [4.69, 9.17) is 0 Å². The van der Waals surface area contributed by atoms with Gasteiger partial charge in [0, 0.05) is 23.5 Å². The Bertz CT molecular complexity index is 492. The minimum absolute atomic E-state index is 0.00217. The van der Waals surface area contributed by atoms with E-state index in [9.17, 15) is 9.59 Å². The average molecular weight is 325 g/mol. The van der Waals surface area contributed by atoms with E-state index in [0.717, 1.165) is 22.0 Å². The van der Waals surface area contributed by atoms with Crippen LogP contribution in [0.5, 0.6) is 0 Å². The van der Waals surface area contributed by atoms with Crippen LogP contribution in [0, 0.1) is 6.92 Å². The second-order valence-corrected chi connectivity index (χ2v) is 5.66. The first-order valence-corrected chi connectivity index (χ1v) is 7.15. The van der Waals surface area contributed by atoms with E-state index in [-0.39, 0.29) is 17.9 Å². The van der Waals surface area contributed by atoms with Crippen LogP contribution in [0.15, 0.2) is 22.7 Å². The summed E-state index contributed by atoms with van der Waals surface area (Å²) in [6.45, 7) is 2.52. The maximum absolute atomic E-state index is 12.0. The number of halogens is 1. The second kappa shape index (κ2) is 6.19. The Morgan fingerprint density at radius 1 is 1.53 bits per heavy atom. The summed E-state index contributed by atoms with van der Waals surface area (Å²) in [7, 11) is 0. The van der Waals surface area contributed by atoms with Gasteiger partial charge in [0.25, 0.3) is 0 Å². The van der Waals surface area contributed by atoms with Gasteiger partial charge in [-0.25, -0.2) is 0 Å². The lowest BCUT2D eigenvalue weighted by atomic mass is 10.0. The van der Waals surface area contributed by atoms with Crippen molar-refractivity contribution in [3.63, 3.8) is 0 Å². The van der Waals surface area contributed by atoms with Crippen LogP contribution in [0.2, 0.25) is 0 Å². The lowest BCUT2D eigenvalue weighted by Crippen LogP contribution is -2.48. The number of carbonyl (C=O) groups is 2. The number of amides is 2. The molecule has 1 aromatic rings. The minimum Gasteiger partial charge on any atom is -0.354 e. The van der Waals surface area contributed by atoms with Crippen LogP contribution in [0.3, 0.4) is 0 Å². The first-order chi connectivity index (χ1) is 9.06. The van der Waals surface area contributed by atoms with Gasteiger partial charge in [-0.2, -0.15) is 0 Å². The summed E-state index contributed by atoms with van der Waals surface area (Å²) in [5, 5.41) is 5.73. The highest BCUT2D eigenvalue weighted by Crippen LogP contribution is 2.19. The zero-order valence-electron chi connectivity index (χ0n) is 10.8. The highest BCUT2D eigenvalue weighted by atomic mass is 79.9. The zero-order chi connectivity index (χ0) is 13.8. The van der Waals surface area contributed by atoms with Crippen molar-refractivity contribution in [3.8, 4) is 0 Å². The number of piperidine rings is 1. The Balaban J connectivity index is 1.91. The first-order valence-electron chi connectivity index (χ1n) is 6.36. The summed E-state index contributed by atoms with van der Waals surface area (Å²) >= 11 is 3.46. The fourth-order valence-electron chi connectivity index (χ4n) is 2.15. The van der Waals surface area contributed by atoms with Crippen molar-refractivity contribution in [3.05, 3.63) is 33.8 Å². The molecule has 1 aromatic carbocycles. The molecule has 1 saturated heterocycles. The van der Waals surface area contributed by atoms with Gasteiger partial charge >= 0.3 is 0 Å². The van der Waals surface area contributed by atoms with Crippen LogP contribution >= 0.6 is 15.9 Å². The normalized spacial score (nSPS) is 18.8. The number of benzene rings is 1. The highest BCUT2D eigenvalue weighted by Gasteiger charge is 2.19. The number of nitrogens with one attached hydrogen (secondary N) is 2. The summed E-state index contributed by atoms with van der Waals surface area (Å²) in [5.41, 5.74) is 2.11. The molecule has 0 saturated carbocycles. The number of carbonyl (C=O) groups excluding carboxylic acids is 2. The van der Waals surface area contributed by atoms with E-state index in [1.807, 2.05) is 25.1 Å². The van der Waals surface area contributed by atoms with Crippen LogP contribution in [0.1, 0.15) is 24.0 Å². The molecule has 1 heterocycles. The van der Waals surface area contributed by atoms with Gasteiger partial charge in [0.2, 0.25) is 11.8 Å². The van der Waals surface area contributed by atoms with Crippen molar-refractivity contribution in [1.29, 1.82) is 0 Å². The molecule has 0 unspecified atom stereocenters. The largest absolute Gasteiger partial charge is 0.354 e. The lowest BCUT2D eigenvalue weighted by Gasteiger charge is -2.23. The van der Waals surface area contributed by atoms with E-state index >= 15 is 0 Å². The van der Waals surface area contributed by atoms with Crippen molar-refractivity contribution in [1.82, 2.24) is 10.6 Å². The van der Waals surface area contributed by atoms with Gasteiger partial charge in [-0.3, -0.25) is 9.59 Å². The number of rotatable bonds is 3. The zero-order valence-corrected chi connectivity index (χ0v) is 12.4. The molecule has 19 heavy (non-hydrogen) atoms. The molecular formula is C14H17BrN2O2. The number of hydrogen-bond acceptors (Lipinski definition) is 2. The fraction of sp³-hybridized carbons (Fsp3) is 0.429. The molecule has 2 N–H and O–H groups in total. The van der Waals surface area contributed by atoms with E-state index in [0.29, 0.717) is 19.4 Å². The fourth-order valence-corrected chi connectivity index (χ4v) is 2.56. The minimum atomic E-state index is 0.00217. The molecular weight excluding hydrogens is 308 g/mol. The van der Waals surface area contributed by atoms with Crippen molar-refractivity contribution in [2.24, 2.45) is 0 Å². The molecule has 0 aromatic heterocycles. The van der Waals surface area contributed by atoms with Crippen LogP contribution < -0.4 is 10.6 Å². The Hall–Kier alpha value is -1.36. The molecule has 102 valence electrons. The van der Waals surface area contributed by atoms with Gasteiger partial charge in [0.1, 0.15) is 0 Å². The van der Waals surface area contributed by atoms with E-state index < -0.39 is 0 Å². The molecule has 1 atom stereocenters. The molecule has 5 heteroatoms. The predicted octanol–water partition coefficient (Wildman–Crippen LogP) is 1.69. The summed E-state index contributed by atoms with van der Waals surface area (Å²) in [4.78, 5) is 23.0. The van der Waals surface area contributed by atoms with Crippen LogP contribution in [0.4, 0.5) is 0 Å². The van der Waals surface area contributed by atoms with Crippen LogP contribution in [0.25, 0.3) is 0 Å². The lowest BCUT2D eigenvalue weighted by molar-refractivity contribution is -0.125. The molecule has 0 bridgehead atoms.